The van der Waals surface area contributed by atoms with Crippen molar-refractivity contribution in [3.63, 3.8) is 0 Å². The Morgan fingerprint density at radius 3 is 2.69 bits per heavy atom. The van der Waals surface area contributed by atoms with Gasteiger partial charge in [0, 0.05) is 5.69 Å². The molecule has 1 aromatic carbocycles. The van der Waals surface area contributed by atoms with E-state index in [9.17, 15) is 4.79 Å². The molecular formula is C10H12ClNO. The Morgan fingerprint density at radius 1 is 1.54 bits per heavy atom. The SMILES string of the molecule is CC(=O)C(Cl)c1cc(N)ccc1C. The molecule has 0 heterocycles. The average molecular weight is 198 g/mol. The van der Waals surface area contributed by atoms with Gasteiger partial charge in [0.15, 0.2) is 5.78 Å². The molecule has 0 radical (unpaired) electrons. The van der Waals surface area contributed by atoms with Crippen molar-refractivity contribution in [3.8, 4) is 0 Å². The fourth-order valence-corrected chi connectivity index (χ4v) is 1.39. The maximum absolute atomic E-state index is 11.0. The van der Waals surface area contributed by atoms with Crippen molar-refractivity contribution in [2.24, 2.45) is 0 Å². The van der Waals surface area contributed by atoms with Crippen LogP contribution in [-0.2, 0) is 4.79 Å². The van der Waals surface area contributed by atoms with E-state index in [1.165, 1.54) is 6.92 Å². The van der Waals surface area contributed by atoms with Gasteiger partial charge in [-0.1, -0.05) is 6.07 Å². The summed E-state index contributed by atoms with van der Waals surface area (Å²) < 4.78 is 0. The van der Waals surface area contributed by atoms with Crippen molar-refractivity contribution >= 4 is 23.1 Å². The van der Waals surface area contributed by atoms with Crippen molar-refractivity contribution in [2.45, 2.75) is 19.2 Å². The number of rotatable bonds is 2. The van der Waals surface area contributed by atoms with Gasteiger partial charge < -0.3 is 5.73 Å². The highest BCUT2D eigenvalue weighted by Crippen LogP contribution is 2.26. The Labute approximate surface area is 82.7 Å². The van der Waals surface area contributed by atoms with Gasteiger partial charge in [-0.3, -0.25) is 4.79 Å². The first kappa shape index (κ1) is 10.1. The van der Waals surface area contributed by atoms with Crippen LogP contribution in [0.1, 0.15) is 23.4 Å². The number of hydrogen-bond acceptors (Lipinski definition) is 2. The number of carbonyl (C=O) groups is 1. The van der Waals surface area contributed by atoms with Crippen LogP contribution in [0, 0.1) is 6.92 Å². The molecule has 2 nitrogen and oxygen atoms in total. The second-order valence-corrected chi connectivity index (χ2v) is 3.53. The highest BCUT2D eigenvalue weighted by atomic mass is 35.5. The minimum absolute atomic E-state index is 0.0598. The van der Waals surface area contributed by atoms with Gasteiger partial charge >= 0.3 is 0 Å². The van der Waals surface area contributed by atoms with E-state index in [0.717, 1.165) is 11.1 Å². The molecule has 1 unspecified atom stereocenters. The first-order chi connectivity index (χ1) is 6.02. The van der Waals surface area contributed by atoms with E-state index in [1.54, 1.807) is 12.1 Å². The van der Waals surface area contributed by atoms with Crippen LogP contribution < -0.4 is 5.73 Å². The van der Waals surface area contributed by atoms with Crippen LogP contribution in [0.3, 0.4) is 0 Å². The van der Waals surface area contributed by atoms with Crippen LogP contribution in [0.25, 0.3) is 0 Å². The molecule has 1 rings (SSSR count). The molecule has 1 atom stereocenters. The van der Waals surface area contributed by atoms with E-state index in [2.05, 4.69) is 0 Å². The van der Waals surface area contributed by atoms with Crippen LogP contribution in [0.5, 0.6) is 0 Å². The molecule has 0 saturated heterocycles. The second-order valence-electron chi connectivity index (χ2n) is 3.09. The molecule has 3 heteroatoms. The van der Waals surface area contributed by atoms with Gasteiger partial charge in [-0.2, -0.15) is 0 Å². The summed E-state index contributed by atoms with van der Waals surface area (Å²) >= 11 is 5.91. The summed E-state index contributed by atoms with van der Waals surface area (Å²) in [5.74, 6) is -0.0598. The quantitative estimate of drug-likeness (QED) is 0.585. The molecule has 70 valence electrons. The number of carbonyl (C=O) groups excluding carboxylic acids is 1. The summed E-state index contributed by atoms with van der Waals surface area (Å²) in [5.41, 5.74) is 8.02. The maximum atomic E-state index is 11.0. The third-order valence-corrected chi connectivity index (χ3v) is 2.48. The van der Waals surface area contributed by atoms with E-state index in [-0.39, 0.29) is 5.78 Å². The molecule has 0 aromatic heterocycles. The molecule has 0 bridgehead atoms. The van der Waals surface area contributed by atoms with Crippen LogP contribution in [0.2, 0.25) is 0 Å². The van der Waals surface area contributed by atoms with Gasteiger partial charge in [0.2, 0.25) is 0 Å². The minimum atomic E-state index is -0.580. The van der Waals surface area contributed by atoms with Crippen molar-refractivity contribution in [1.29, 1.82) is 0 Å². The fraction of sp³-hybridized carbons (Fsp3) is 0.300. The molecule has 2 N–H and O–H groups in total. The second kappa shape index (κ2) is 3.79. The number of hydrogen-bond donors (Lipinski definition) is 1. The lowest BCUT2D eigenvalue weighted by molar-refractivity contribution is -0.116. The highest BCUT2D eigenvalue weighted by molar-refractivity contribution is 6.30. The van der Waals surface area contributed by atoms with E-state index in [0.29, 0.717) is 5.69 Å². The number of halogens is 1. The molecule has 0 spiro atoms. The van der Waals surface area contributed by atoms with Crippen molar-refractivity contribution in [3.05, 3.63) is 29.3 Å². The first-order valence-electron chi connectivity index (χ1n) is 4.03. The standard InChI is InChI=1S/C10H12ClNO/c1-6-3-4-8(12)5-9(6)10(11)7(2)13/h3-5,10H,12H2,1-2H3. The Morgan fingerprint density at radius 2 is 2.15 bits per heavy atom. The van der Waals surface area contributed by atoms with E-state index < -0.39 is 5.38 Å². The molecule has 0 fully saturated rings. The summed E-state index contributed by atoms with van der Waals surface area (Å²) in [6.45, 7) is 3.38. The van der Waals surface area contributed by atoms with Gasteiger partial charge in [-0.15, -0.1) is 11.6 Å². The Bertz CT molecular complexity index is 336. The smallest absolute Gasteiger partial charge is 0.152 e. The number of Topliss-reactive ketones (excluding diaryl/α,β-unsaturated/α-hetero) is 1. The van der Waals surface area contributed by atoms with Gasteiger partial charge in [0.1, 0.15) is 5.38 Å². The van der Waals surface area contributed by atoms with E-state index in [1.807, 2.05) is 13.0 Å². The fourth-order valence-electron chi connectivity index (χ4n) is 1.15. The Hall–Kier alpha value is -1.02. The zero-order valence-corrected chi connectivity index (χ0v) is 8.43. The van der Waals surface area contributed by atoms with Crippen LogP contribution in [-0.4, -0.2) is 5.78 Å². The average Bonchev–Trinajstić information content (AvgIpc) is 2.08. The van der Waals surface area contributed by atoms with Crippen molar-refractivity contribution in [2.75, 3.05) is 5.73 Å². The predicted molar refractivity (Wildman–Crippen MR) is 54.9 cm³/mol. The third-order valence-electron chi connectivity index (χ3n) is 1.93. The van der Waals surface area contributed by atoms with Crippen molar-refractivity contribution < 1.29 is 4.79 Å². The summed E-state index contributed by atoms with van der Waals surface area (Å²) in [4.78, 5) is 11.0. The van der Waals surface area contributed by atoms with E-state index in [4.69, 9.17) is 17.3 Å². The number of nitrogens with two attached hydrogens (primary N) is 1. The van der Waals surface area contributed by atoms with Crippen LogP contribution >= 0.6 is 11.6 Å². The highest BCUT2D eigenvalue weighted by Gasteiger charge is 2.15. The molecule has 0 aliphatic heterocycles. The third kappa shape index (κ3) is 2.22. The lowest BCUT2D eigenvalue weighted by Crippen LogP contribution is -2.04. The van der Waals surface area contributed by atoms with Gasteiger partial charge in [-0.05, 0) is 37.1 Å². The monoisotopic (exact) mass is 197 g/mol. The molecule has 0 amide bonds. The first-order valence-corrected chi connectivity index (χ1v) is 4.46. The summed E-state index contributed by atoms with van der Waals surface area (Å²) in [7, 11) is 0. The molecule has 13 heavy (non-hydrogen) atoms. The van der Waals surface area contributed by atoms with Gasteiger partial charge in [0.05, 0.1) is 0 Å². The summed E-state index contributed by atoms with van der Waals surface area (Å²) in [5, 5.41) is -0.580. The number of nitrogen functional groups attached to an aromatic ring is 1. The van der Waals surface area contributed by atoms with Gasteiger partial charge in [0.25, 0.3) is 0 Å². The number of anilines is 1. The predicted octanol–water partition coefficient (Wildman–Crippen LogP) is 2.45. The van der Waals surface area contributed by atoms with Crippen molar-refractivity contribution in [1.82, 2.24) is 0 Å². The lowest BCUT2D eigenvalue weighted by atomic mass is 10.0. The Kier molecular flexibility index (Phi) is 2.94. The van der Waals surface area contributed by atoms with Gasteiger partial charge in [-0.25, -0.2) is 0 Å². The Balaban J connectivity index is 3.12. The summed E-state index contributed by atoms with van der Waals surface area (Å²) in [6, 6.07) is 5.40. The number of alkyl halides is 1. The van der Waals surface area contributed by atoms with E-state index >= 15 is 0 Å². The number of aryl methyl sites for hydroxylation is 1. The molecule has 0 aliphatic carbocycles. The largest absolute Gasteiger partial charge is 0.399 e. The lowest BCUT2D eigenvalue weighted by Gasteiger charge is -2.10. The molecule has 1 aromatic rings. The topological polar surface area (TPSA) is 43.1 Å². The zero-order valence-electron chi connectivity index (χ0n) is 7.67. The van der Waals surface area contributed by atoms with Crippen LogP contribution in [0.15, 0.2) is 18.2 Å². The summed E-state index contributed by atoms with van der Waals surface area (Å²) in [6.07, 6.45) is 0. The molecule has 0 aliphatic rings. The number of ketones is 1. The molecule has 0 saturated carbocycles. The van der Waals surface area contributed by atoms with Crippen LogP contribution in [0.4, 0.5) is 5.69 Å². The maximum Gasteiger partial charge on any atom is 0.152 e. The minimum Gasteiger partial charge on any atom is -0.399 e. The zero-order chi connectivity index (χ0) is 10.0. The number of benzene rings is 1. The molecular weight excluding hydrogens is 186 g/mol. The normalized spacial score (nSPS) is 12.5.